The molecule has 0 amide bonds. The Morgan fingerprint density at radius 1 is 1.24 bits per heavy atom. The van der Waals surface area contributed by atoms with Gasteiger partial charge in [-0.2, -0.15) is 0 Å². The second-order valence-corrected chi connectivity index (χ2v) is 7.10. The highest BCUT2D eigenvalue weighted by Crippen LogP contribution is 2.33. The van der Waals surface area contributed by atoms with Crippen molar-refractivity contribution in [2.24, 2.45) is 5.92 Å². The molecular weight excluding hydrogens is 256 g/mol. The molecule has 1 aliphatic heterocycles. The lowest BCUT2D eigenvalue weighted by atomic mass is 9.88. The molecule has 0 radical (unpaired) electrons. The Morgan fingerprint density at radius 3 is 2.81 bits per heavy atom. The minimum atomic E-state index is 0.618. The number of nitrogens with zero attached hydrogens (tertiary/aromatic N) is 1. The highest BCUT2D eigenvalue weighted by molar-refractivity contribution is 5.59. The van der Waals surface area contributed by atoms with E-state index in [1.165, 1.54) is 37.8 Å². The molecule has 0 aromatic heterocycles. The predicted molar refractivity (Wildman–Crippen MR) is 91.1 cm³/mol. The molecule has 2 heteroatoms. The molecule has 2 atom stereocenters. The first kappa shape index (κ1) is 14.9. The van der Waals surface area contributed by atoms with E-state index in [9.17, 15) is 0 Å². The van der Waals surface area contributed by atoms with Gasteiger partial charge in [-0.25, -0.2) is 0 Å². The lowest BCUT2D eigenvalue weighted by molar-refractivity contribution is 0.324. The van der Waals surface area contributed by atoms with Crippen molar-refractivity contribution in [2.75, 3.05) is 18.0 Å². The second kappa shape index (κ2) is 6.39. The molecule has 2 nitrogen and oxygen atoms in total. The fourth-order valence-corrected chi connectivity index (χ4v) is 3.96. The molecule has 1 aromatic rings. The Bertz CT molecular complexity index is 480. The van der Waals surface area contributed by atoms with Crippen molar-refractivity contribution in [3.8, 4) is 0 Å². The summed E-state index contributed by atoms with van der Waals surface area (Å²) in [5, 5.41) is 3.76. The van der Waals surface area contributed by atoms with Gasteiger partial charge in [0.05, 0.1) is 0 Å². The molecule has 1 saturated heterocycles. The molecule has 0 bridgehead atoms. The average molecular weight is 286 g/mol. The van der Waals surface area contributed by atoms with Gasteiger partial charge in [0.15, 0.2) is 0 Å². The Balaban J connectivity index is 1.92. The zero-order valence-corrected chi connectivity index (χ0v) is 13.9. The highest BCUT2D eigenvalue weighted by atomic mass is 15.2. The summed E-state index contributed by atoms with van der Waals surface area (Å²) in [5.41, 5.74) is 4.78. The smallest absolute Gasteiger partial charge is 0.0412 e. The van der Waals surface area contributed by atoms with E-state index >= 15 is 0 Å². The number of rotatable bonds is 3. The Kier molecular flexibility index (Phi) is 4.54. The first-order valence-electron chi connectivity index (χ1n) is 8.81. The van der Waals surface area contributed by atoms with Crippen LogP contribution in [-0.4, -0.2) is 25.2 Å². The van der Waals surface area contributed by atoms with E-state index in [0.717, 1.165) is 13.1 Å². The molecule has 0 saturated carbocycles. The lowest BCUT2D eigenvalue weighted by Crippen LogP contribution is -2.58. The van der Waals surface area contributed by atoms with Crippen LogP contribution in [-0.2, 0) is 12.8 Å². The minimum Gasteiger partial charge on any atom is -0.365 e. The molecule has 21 heavy (non-hydrogen) atoms. The third kappa shape index (κ3) is 2.96. The van der Waals surface area contributed by atoms with E-state index in [-0.39, 0.29) is 0 Å². The van der Waals surface area contributed by atoms with Gasteiger partial charge in [0, 0.05) is 30.9 Å². The van der Waals surface area contributed by atoms with Crippen LogP contribution in [0.2, 0.25) is 0 Å². The van der Waals surface area contributed by atoms with Crippen molar-refractivity contribution in [3.63, 3.8) is 0 Å². The van der Waals surface area contributed by atoms with Crippen LogP contribution in [0.5, 0.6) is 0 Å². The molecule has 116 valence electrons. The Hall–Kier alpha value is -1.02. The van der Waals surface area contributed by atoms with E-state index in [2.05, 4.69) is 49.2 Å². The molecule has 2 aliphatic rings. The van der Waals surface area contributed by atoms with Gasteiger partial charge < -0.3 is 10.2 Å². The van der Waals surface area contributed by atoms with E-state index in [0.29, 0.717) is 18.0 Å². The third-order valence-electron chi connectivity index (χ3n) is 5.41. The third-order valence-corrected chi connectivity index (χ3v) is 5.41. The van der Waals surface area contributed by atoms with Crippen LogP contribution in [0.1, 0.15) is 51.2 Å². The summed E-state index contributed by atoms with van der Waals surface area (Å²) in [4.78, 5) is 2.71. The van der Waals surface area contributed by atoms with Gasteiger partial charge in [-0.15, -0.1) is 0 Å². The van der Waals surface area contributed by atoms with Gasteiger partial charge in [-0.3, -0.25) is 0 Å². The van der Waals surface area contributed by atoms with Crippen LogP contribution in [0.15, 0.2) is 18.2 Å². The van der Waals surface area contributed by atoms with Crippen molar-refractivity contribution >= 4 is 5.69 Å². The van der Waals surface area contributed by atoms with Crippen LogP contribution in [0, 0.1) is 5.92 Å². The van der Waals surface area contributed by atoms with Crippen molar-refractivity contribution in [3.05, 3.63) is 29.3 Å². The van der Waals surface area contributed by atoms with Crippen LogP contribution < -0.4 is 10.2 Å². The molecular formula is C19H30N2. The number of benzene rings is 1. The summed E-state index contributed by atoms with van der Waals surface area (Å²) in [6.45, 7) is 9.28. The minimum absolute atomic E-state index is 0.618. The number of fused-ring (bicyclic) bond motifs is 1. The zero-order valence-electron chi connectivity index (χ0n) is 13.9. The predicted octanol–water partition coefficient (Wildman–Crippen LogP) is 3.78. The Morgan fingerprint density at radius 2 is 2.05 bits per heavy atom. The van der Waals surface area contributed by atoms with Gasteiger partial charge in [-0.1, -0.05) is 32.9 Å². The molecule has 3 rings (SSSR count). The highest BCUT2D eigenvalue weighted by Gasteiger charge is 2.30. The zero-order chi connectivity index (χ0) is 14.8. The van der Waals surface area contributed by atoms with Crippen molar-refractivity contribution in [2.45, 2.75) is 65.0 Å². The molecule has 1 aromatic carbocycles. The first-order chi connectivity index (χ1) is 10.2. The summed E-state index contributed by atoms with van der Waals surface area (Å²) in [7, 11) is 0. The SMILES string of the molecule is CCC1CNC(C(C)C)CN1c1cccc2c1CCCC2. The summed E-state index contributed by atoms with van der Waals surface area (Å²) in [6, 6.07) is 8.26. The topological polar surface area (TPSA) is 15.3 Å². The fourth-order valence-electron chi connectivity index (χ4n) is 3.96. The van der Waals surface area contributed by atoms with Crippen LogP contribution >= 0.6 is 0 Å². The maximum Gasteiger partial charge on any atom is 0.0412 e. The quantitative estimate of drug-likeness (QED) is 0.909. The largest absolute Gasteiger partial charge is 0.365 e. The number of hydrogen-bond donors (Lipinski definition) is 1. The van der Waals surface area contributed by atoms with Crippen molar-refractivity contribution < 1.29 is 0 Å². The summed E-state index contributed by atoms with van der Waals surface area (Å²) in [5.74, 6) is 0.699. The van der Waals surface area contributed by atoms with Gasteiger partial charge in [-0.05, 0) is 55.2 Å². The number of anilines is 1. The molecule has 2 unspecified atom stereocenters. The second-order valence-electron chi connectivity index (χ2n) is 7.10. The number of piperazine rings is 1. The average Bonchev–Trinajstić information content (AvgIpc) is 2.53. The normalized spacial score (nSPS) is 26.0. The van der Waals surface area contributed by atoms with Crippen molar-refractivity contribution in [1.82, 2.24) is 5.32 Å². The van der Waals surface area contributed by atoms with Crippen LogP contribution in [0.25, 0.3) is 0 Å². The van der Waals surface area contributed by atoms with Crippen LogP contribution in [0.3, 0.4) is 0 Å². The standard InChI is InChI=1S/C19H30N2/c1-4-16-12-20-18(14(2)3)13-21(16)19-11-7-9-15-8-5-6-10-17(15)19/h7,9,11,14,16,18,20H,4-6,8,10,12-13H2,1-3H3. The van der Waals surface area contributed by atoms with E-state index in [4.69, 9.17) is 0 Å². The molecule has 1 aliphatic carbocycles. The van der Waals surface area contributed by atoms with Gasteiger partial charge in [0.1, 0.15) is 0 Å². The van der Waals surface area contributed by atoms with Gasteiger partial charge >= 0.3 is 0 Å². The number of nitrogens with one attached hydrogen (secondary N) is 1. The van der Waals surface area contributed by atoms with E-state index < -0.39 is 0 Å². The van der Waals surface area contributed by atoms with Gasteiger partial charge in [0.2, 0.25) is 0 Å². The van der Waals surface area contributed by atoms with Crippen LogP contribution in [0.4, 0.5) is 5.69 Å². The number of hydrogen-bond acceptors (Lipinski definition) is 2. The van der Waals surface area contributed by atoms with Crippen molar-refractivity contribution in [1.29, 1.82) is 0 Å². The molecule has 0 spiro atoms. The summed E-state index contributed by atoms with van der Waals surface area (Å²) < 4.78 is 0. The maximum absolute atomic E-state index is 3.76. The van der Waals surface area contributed by atoms with E-state index in [1.54, 1.807) is 11.1 Å². The summed E-state index contributed by atoms with van der Waals surface area (Å²) in [6.07, 6.45) is 6.50. The molecule has 1 heterocycles. The Labute approximate surface area is 129 Å². The van der Waals surface area contributed by atoms with E-state index in [1.807, 2.05) is 0 Å². The lowest BCUT2D eigenvalue weighted by Gasteiger charge is -2.44. The molecule has 1 N–H and O–H groups in total. The number of aryl methyl sites for hydroxylation is 1. The molecule has 1 fully saturated rings. The maximum atomic E-state index is 3.76. The first-order valence-corrected chi connectivity index (χ1v) is 8.81. The summed E-state index contributed by atoms with van der Waals surface area (Å²) >= 11 is 0. The monoisotopic (exact) mass is 286 g/mol. The van der Waals surface area contributed by atoms with Gasteiger partial charge in [0.25, 0.3) is 0 Å². The fraction of sp³-hybridized carbons (Fsp3) is 0.684.